The van der Waals surface area contributed by atoms with Crippen molar-refractivity contribution in [3.05, 3.63) is 65.2 Å². The van der Waals surface area contributed by atoms with Crippen molar-refractivity contribution in [3.63, 3.8) is 0 Å². The largest absolute Gasteiger partial charge is 0.312 e. The molecule has 0 saturated carbocycles. The normalized spacial score (nSPS) is 12.4. The molecule has 0 amide bonds. The number of hydrogen-bond acceptors (Lipinski definition) is 2. The number of hydrogen-bond donors (Lipinski definition) is 1. The number of nitrogens with one attached hydrogen (secondary N) is 1. The van der Waals surface area contributed by atoms with Crippen LogP contribution in [0.4, 0.5) is 8.78 Å². The van der Waals surface area contributed by atoms with Crippen molar-refractivity contribution in [1.29, 1.82) is 0 Å². The predicted molar refractivity (Wildman–Crippen MR) is 80.1 cm³/mol. The molecule has 4 heteroatoms. The van der Waals surface area contributed by atoms with Gasteiger partial charge in [0.05, 0.1) is 0 Å². The Balaban J connectivity index is 2.13. The van der Waals surface area contributed by atoms with Crippen molar-refractivity contribution in [2.45, 2.75) is 17.9 Å². The zero-order valence-corrected chi connectivity index (χ0v) is 12.3. The number of thioether (sulfide) groups is 1. The minimum atomic E-state index is -0.239. The Hall–Kier alpha value is -1.39. The van der Waals surface area contributed by atoms with Gasteiger partial charge >= 0.3 is 0 Å². The molecule has 1 nitrogen and oxygen atoms in total. The Labute approximate surface area is 122 Å². The zero-order valence-electron chi connectivity index (χ0n) is 11.5. The van der Waals surface area contributed by atoms with Crippen molar-refractivity contribution >= 4 is 11.8 Å². The quantitative estimate of drug-likeness (QED) is 0.824. The molecule has 0 aromatic heterocycles. The average molecular weight is 293 g/mol. The summed E-state index contributed by atoms with van der Waals surface area (Å²) in [7, 11) is 1.79. The van der Waals surface area contributed by atoms with E-state index in [-0.39, 0.29) is 17.7 Å². The maximum atomic E-state index is 13.9. The van der Waals surface area contributed by atoms with Crippen molar-refractivity contribution in [3.8, 4) is 0 Å². The molecule has 0 radical (unpaired) electrons. The van der Waals surface area contributed by atoms with Gasteiger partial charge in [-0.2, -0.15) is 0 Å². The standard InChI is InChI=1S/C16H17F2NS/c1-11-7-8-13(17)12(9-11)15(19-2)10-20-16-6-4-3-5-14(16)18/h3-9,15,19H,10H2,1-2H3. The van der Waals surface area contributed by atoms with Crippen LogP contribution in [0.3, 0.4) is 0 Å². The lowest BCUT2D eigenvalue weighted by molar-refractivity contribution is 0.564. The van der Waals surface area contributed by atoms with E-state index < -0.39 is 0 Å². The molecule has 0 aliphatic heterocycles. The van der Waals surface area contributed by atoms with Crippen molar-refractivity contribution in [2.24, 2.45) is 0 Å². The fourth-order valence-corrected chi connectivity index (χ4v) is 3.07. The summed E-state index contributed by atoms with van der Waals surface area (Å²) in [5.41, 5.74) is 1.63. The van der Waals surface area contributed by atoms with Gasteiger partial charge in [-0.1, -0.05) is 29.8 Å². The molecule has 0 aliphatic rings. The number of aryl methyl sites for hydroxylation is 1. The van der Waals surface area contributed by atoms with E-state index in [2.05, 4.69) is 5.32 Å². The van der Waals surface area contributed by atoms with Gasteiger partial charge in [-0.15, -0.1) is 11.8 Å². The molecule has 0 fully saturated rings. The highest BCUT2D eigenvalue weighted by Crippen LogP contribution is 2.28. The van der Waals surface area contributed by atoms with E-state index in [1.54, 1.807) is 31.3 Å². The molecule has 0 spiro atoms. The summed E-state index contributed by atoms with van der Waals surface area (Å²) < 4.78 is 27.5. The van der Waals surface area contributed by atoms with Gasteiger partial charge in [0.2, 0.25) is 0 Å². The van der Waals surface area contributed by atoms with Crippen LogP contribution in [0.5, 0.6) is 0 Å². The summed E-state index contributed by atoms with van der Waals surface area (Å²) in [6.45, 7) is 1.93. The Morgan fingerprint density at radius 3 is 2.55 bits per heavy atom. The molecule has 0 aliphatic carbocycles. The maximum absolute atomic E-state index is 13.9. The maximum Gasteiger partial charge on any atom is 0.136 e. The SMILES string of the molecule is CNC(CSc1ccccc1F)c1cc(C)ccc1F. The monoisotopic (exact) mass is 293 g/mol. The Kier molecular flexibility index (Phi) is 5.15. The second kappa shape index (κ2) is 6.86. The predicted octanol–water partition coefficient (Wildman–Crippen LogP) is 4.33. The van der Waals surface area contributed by atoms with E-state index in [0.29, 0.717) is 16.2 Å². The molecule has 2 aromatic carbocycles. The zero-order chi connectivity index (χ0) is 14.5. The minimum absolute atomic E-state index is 0.153. The van der Waals surface area contributed by atoms with Crippen LogP contribution in [-0.2, 0) is 0 Å². The van der Waals surface area contributed by atoms with Crippen molar-refractivity contribution in [2.75, 3.05) is 12.8 Å². The van der Waals surface area contributed by atoms with E-state index in [1.165, 1.54) is 23.9 Å². The Bertz CT molecular complexity index is 586. The number of benzene rings is 2. The Morgan fingerprint density at radius 2 is 1.85 bits per heavy atom. The first-order valence-corrected chi connectivity index (χ1v) is 7.41. The summed E-state index contributed by atoms with van der Waals surface area (Å²) in [6, 6.07) is 11.5. The number of halogens is 2. The summed E-state index contributed by atoms with van der Waals surface area (Å²) in [4.78, 5) is 0.584. The second-order valence-electron chi connectivity index (χ2n) is 4.61. The van der Waals surface area contributed by atoms with Crippen LogP contribution in [0.15, 0.2) is 47.4 Å². The smallest absolute Gasteiger partial charge is 0.136 e. The molecule has 1 atom stereocenters. The van der Waals surface area contributed by atoms with Crippen molar-refractivity contribution in [1.82, 2.24) is 5.32 Å². The topological polar surface area (TPSA) is 12.0 Å². The first-order chi connectivity index (χ1) is 9.61. The van der Waals surface area contributed by atoms with Crippen LogP contribution in [-0.4, -0.2) is 12.8 Å². The molecule has 0 saturated heterocycles. The van der Waals surface area contributed by atoms with E-state index in [1.807, 2.05) is 13.0 Å². The minimum Gasteiger partial charge on any atom is -0.312 e. The van der Waals surface area contributed by atoms with Gasteiger partial charge in [-0.05, 0) is 32.2 Å². The molecule has 1 N–H and O–H groups in total. The lowest BCUT2D eigenvalue weighted by atomic mass is 10.1. The number of rotatable bonds is 5. The van der Waals surface area contributed by atoms with Crippen LogP contribution in [0, 0.1) is 18.6 Å². The highest BCUT2D eigenvalue weighted by atomic mass is 32.2. The third-order valence-corrected chi connectivity index (χ3v) is 4.26. The molecule has 2 aromatic rings. The van der Waals surface area contributed by atoms with Gasteiger partial charge < -0.3 is 5.32 Å². The lowest BCUT2D eigenvalue weighted by Gasteiger charge is -2.17. The van der Waals surface area contributed by atoms with Gasteiger partial charge in [0.15, 0.2) is 0 Å². The Morgan fingerprint density at radius 1 is 1.10 bits per heavy atom. The molecular formula is C16H17F2NS. The third-order valence-electron chi connectivity index (χ3n) is 3.12. The second-order valence-corrected chi connectivity index (χ2v) is 5.67. The van der Waals surface area contributed by atoms with E-state index in [9.17, 15) is 8.78 Å². The summed E-state index contributed by atoms with van der Waals surface area (Å²) >= 11 is 1.38. The summed E-state index contributed by atoms with van der Waals surface area (Å²) in [6.07, 6.45) is 0. The third kappa shape index (κ3) is 3.58. The fraction of sp³-hybridized carbons (Fsp3) is 0.250. The van der Waals surface area contributed by atoms with Gasteiger partial charge in [0, 0.05) is 22.3 Å². The molecule has 0 heterocycles. The van der Waals surface area contributed by atoms with Crippen LogP contribution in [0.1, 0.15) is 17.2 Å². The first-order valence-electron chi connectivity index (χ1n) is 6.42. The van der Waals surface area contributed by atoms with E-state index in [4.69, 9.17) is 0 Å². The summed E-state index contributed by atoms with van der Waals surface area (Å²) in [5.74, 6) is 0.0961. The molecule has 1 unspecified atom stereocenters. The fourth-order valence-electron chi connectivity index (χ4n) is 1.99. The van der Waals surface area contributed by atoms with Crippen LogP contribution < -0.4 is 5.32 Å². The lowest BCUT2D eigenvalue weighted by Crippen LogP contribution is -2.20. The van der Waals surface area contributed by atoms with E-state index in [0.717, 1.165) is 5.56 Å². The molecule has 2 rings (SSSR count). The average Bonchev–Trinajstić information content (AvgIpc) is 2.45. The molecule has 20 heavy (non-hydrogen) atoms. The highest BCUT2D eigenvalue weighted by molar-refractivity contribution is 7.99. The van der Waals surface area contributed by atoms with Gasteiger partial charge in [0.1, 0.15) is 11.6 Å². The highest BCUT2D eigenvalue weighted by Gasteiger charge is 2.15. The van der Waals surface area contributed by atoms with Gasteiger partial charge in [0.25, 0.3) is 0 Å². The molecule has 0 bridgehead atoms. The molecule has 106 valence electrons. The molecular weight excluding hydrogens is 276 g/mol. The van der Waals surface area contributed by atoms with Gasteiger partial charge in [-0.25, -0.2) is 8.78 Å². The van der Waals surface area contributed by atoms with Crippen LogP contribution >= 0.6 is 11.8 Å². The van der Waals surface area contributed by atoms with Gasteiger partial charge in [-0.3, -0.25) is 0 Å². The van der Waals surface area contributed by atoms with Crippen LogP contribution in [0.25, 0.3) is 0 Å². The van der Waals surface area contributed by atoms with E-state index >= 15 is 0 Å². The first kappa shape index (κ1) is 15.0. The van der Waals surface area contributed by atoms with Crippen LogP contribution in [0.2, 0.25) is 0 Å². The summed E-state index contributed by atoms with van der Waals surface area (Å²) in [5, 5.41) is 3.09. The van der Waals surface area contributed by atoms with Crippen molar-refractivity contribution < 1.29 is 8.78 Å².